The summed E-state index contributed by atoms with van der Waals surface area (Å²) in [6.07, 6.45) is 0.857. The molecule has 2 aromatic carbocycles. The molecule has 1 aromatic heterocycles. The topological polar surface area (TPSA) is 82.2 Å². The Balaban J connectivity index is 1.90. The van der Waals surface area contributed by atoms with E-state index in [9.17, 15) is 10.1 Å². The SMILES string of the molecule is COc1cccc(-c2nn(-c3cc([N+](=O)[O-])ccc3C)c3c2CCN3)c1. The summed E-state index contributed by atoms with van der Waals surface area (Å²) < 4.78 is 7.10. The molecule has 0 saturated carbocycles. The molecule has 1 N–H and O–H groups in total. The van der Waals surface area contributed by atoms with Gasteiger partial charge in [0.05, 0.1) is 23.4 Å². The molecular weight excluding hydrogens is 332 g/mol. The third-order valence-electron chi connectivity index (χ3n) is 4.63. The highest BCUT2D eigenvalue weighted by Crippen LogP contribution is 2.36. The maximum absolute atomic E-state index is 11.2. The number of hydrogen-bond acceptors (Lipinski definition) is 5. The van der Waals surface area contributed by atoms with E-state index in [1.54, 1.807) is 23.9 Å². The third-order valence-corrected chi connectivity index (χ3v) is 4.63. The van der Waals surface area contributed by atoms with Crippen LogP contribution in [0.5, 0.6) is 5.75 Å². The van der Waals surface area contributed by atoms with Crippen molar-refractivity contribution in [2.45, 2.75) is 13.3 Å². The first-order chi connectivity index (χ1) is 12.6. The van der Waals surface area contributed by atoms with E-state index in [2.05, 4.69) is 5.32 Å². The Labute approximate surface area is 150 Å². The molecule has 26 heavy (non-hydrogen) atoms. The summed E-state index contributed by atoms with van der Waals surface area (Å²) in [6.45, 7) is 2.74. The number of benzene rings is 2. The Kier molecular flexibility index (Phi) is 3.84. The van der Waals surface area contributed by atoms with Crippen LogP contribution in [0.4, 0.5) is 11.5 Å². The molecule has 0 unspecified atom stereocenters. The first kappa shape index (κ1) is 16.1. The van der Waals surface area contributed by atoms with Gasteiger partial charge in [-0.3, -0.25) is 10.1 Å². The van der Waals surface area contributed by atoms with Gasteiger partial charge in [0, 0.05) is 29.8 Å². The zero-order chi connectivity index (χ0) is 18.3. The van der Waals surface area contributed by atoms with Crippen LogP contribution in [0.2, 0.25) is 0 Å². The summed E-state index contributed by atoms with van der Waals surface area (Å²) in [6, 6.07) is 12.6. The maximum atomic E-state index is 11.2. The smallest absolute Gasteiger partial charge is 0.271 e. The first-order valence-corrected chi connectivity index (χ1v) is 8.34. The number of nitro benzene ring substituents is 1. The van der Waals surface area contributed by atoms with Gasteiger partial charge < -0.3 is 10.1 Å². The molecule has 0 amide bonds. The minimum Gasteiger partial charge on any atom is -0.497 e. The monoisotopic (exact) mass is 350 g/mol. The van der Waals surface area contributed by atoms with Gasteiger partial charge in [0.15, 0.2) is 0 Å². The lowest BCUT2D eigenvalue weighted by atomic mass is 10.1. The fraction of sp³-hybridized carbons (Fsp3) is 0.211. The van der Waals surface area contributed by atoms with Gasteiger partial charge in [0.25, 0.3) is 5.69 Å². The zero-order valence-corrected chi connectivity index (χ0v) is 14.5. The number of rotatable bonds is 4. The van der Waals surface area contributed by atoms with Crippen molar-refractivity contribution in [3.8, 4) is 22.7 Å². The third kappa shape index (κ3) is 2.57. The number of fused-ring (bicyclic) bond motifs is 1. The van der Waals surface area contributed by atoms with Gasteiger partial charge >= 0.3 is 0 Å². The van der Waals surface area contributed by atoms with Crippen LogP contribution in [0.15, 0.2) is 42.5 Å². The highest BCUT2D eigenvalue weighted by atomic mass is 16.6. The Hall–Kier alpha value is -3.35. The van der Waals surface area contributed by atoms with Gasteiger partial charge in [0.2, 0.25) is 0 Å². The van der Waals surface area contributed by atoms with Crippen molar-refractivity contribution in [2.75, 3.05) is 19.0 Å². The van der Waals surface area contributed by atoms with Crippen molar-refractivity contribution in [1.29, 1.82) is 0 Å². The van der Waals surface area contributed by atoms with E-state index >= 15 is 0 Å². The van der Waals surface area contributed by atoms with Crippen LogP contribution in [0.25, 0.3) is 16.9 Å². The molecule has 1 aliphatic heterocycles. The average molecular weight is 350 g/mol. The molecule has 2 heterocycles. The number of anilines is 1. The fourth-order valence-corrected chi connectivity index (χ4v) is 3.29. The molecule has 0 spiro atoms. The number of nitrogens with zero attached hydrogens (tertiary/aromatic N) is 3. The number of ether oxygens (including phenoxy) is 1. The second-order valence-electron chi connectivity index (χ2n) is 6.22. The standard InChI is InChI=1S/C19H18N4O3/c1-12-6-7-14(23(24)25)11-17(12)22-19-16(8-9-20-19)18(21-22)13-4-3-5-15(10-13)26-2/h3-7,10-11,20H,8-9H2,1-2H3. The Bertz CT molecular complexity index is 1010. The van der Waals surface area contributed by atoms with Crippen molar-refractivity contribution >= 4 is 11.5 Å². The second kappa shape index (κ2) is 6.18. The lowest BCUT2D eigenvalue weighted by Gasteiger charge is -2.09. The first-order valence-electron chi connectivity index (χ1n) is 8.34. The molecule has 3 aromatic rings. The molecule has 132 valence electrons. The van der Waals surface area contributed by atoms with E-state index in [4.69, 9.17) is 9.84 Å². The quantitative estimate of drug-likeness (QED) is 0.573. The molecule has 0 fully saturated rings. The molecule has 0 aliphatic carbocycles. The largest absolute Gasteiger partial charge is 0.497 e. The fourth-order valence-electron chi connectivity index (χ4n) is 3.29. The lowest BCUT2D eigenvalue weighted by Crippen LogP contribution is -2.06. The normalized spacial score (nSPS) is 12.5. The minimum atomic E-state index is -0.386. The molecule has 0 bridgehead atoms. The van der Waals surface area contributed by atoms with Gasteiger partial charge in [-0.1, -0.05) is 18.2 Å². The number of non-ortho nitro benzene ring substituents is 1. The molecule has 1 aliphatic rings. The Morgan fingerprint density at radius 2 is 2.12 bits per heavy atom. The summed E-state index contributed by atoms with van der Waals surface area (Å²) in [5, 5.41) is 19.3. The summed E-state index contributed by atoms with van der Waals surface area (Å²) in [4.78, 5) is 10.8. The second-order valence-corrected chi connectivity index (χ2v) is 6.22. The van der Waals surface area contributed by atoms with E-state index in [0.717, 1.165) is 46.9 Å². The number of aryl methyl sites for hydroxylation is 1. The van der Waals surface area contributed by atoms with Gasteiger partial charge in [-0.25, -0.2) is 4.68 Å². The van der Waals surface area contributed by atoms with E-state index in [1.165, 1.54) is 6.07 Å². The van der Waals surface area contributed by atoms with E-state index < -0.39 is 0 Å². The van der Waals surface area contributed by atoms with Crippen LogP contribution in [0.1, 0.15) is 11.1 Å². The highest BCUT2D eigenvalue weighted by Gasteiger charge is 2.25. The van der Waals surface area contributed by atoms with Crippen molar-refractivity contribution in [2.24, 2.45) is 0 Å². The van der Waals surface area contributed by atoms with Crippen LogP contribution < -0.4 is 10.1 Å². The maximum Gasteiger partial charge on any atom is 0.271 e. The number of nitro groups is 1. The molecular formula is C19H18N4O3. The number of nitrogens with one attached hydrogen (secondary N) is 1. The summed E-state index contributed by atoms with van der Waals surface area (Å²) in [5.41, 5.74) is 4.63. The van der Waals surface area contributed by atoms with Crippen LogP contribution in [-0.2, 0) is 6.42 Å². The van der Waals surface area contributed by atoms with Crippen molar-refractivity contribution in [1.82, 2.24) is 9.78 Å². The van der Waals surface area contributed by atoms with Gasteiger partial charge in [-0.05, 0) is 31.0 Å². The van der Waals surface area contributed by atoms with Gasteiger partial charge in [-0.2, -0.15) is 5.10 Å². The molecule has 4 rings (SSSR count). The van der Waals surface area contributed by atoms with Crippen molar-refractivity contribution in [3.05, 3.63) is 63.7 Å². The van der Waals surface area contributed by atoms with Crippen LogP contribution in [-0.4, -0.2) is 28.4 Å². The summed E-state index contributed by atoms with van der Waals surface area (Å²) >= 11 is 0. The van der Waals surface area contributed by atoms with Crippen molar-refractivity contribution in [3.63, 3.8) is 0 Å². The van der Waals surface area contributed by atoms with Gasteiger partial charge in [-0.15, -0.1) is 0 Å². The molecule has 7 heteroatoms. The number of aromatic nitrogens is 2. The zero-order valence-electron chi connectivity index (χ0n) is 14.5. The highest BCUT2D eigenvalue weighted by molar-refractivity contribution is 5.74. The van der Waals surface area contributed by atoms with Crippen molar-refractivity contribution < 1.29 is 9.66 Å². The predicted molar refractivity (Wildman–Crippen MR) is 99.1 cm³/mol. The van der Waals surface area contributed by atoms with Crippen LogP contribution in [0, 0.1) is 17.0 Å². The summed E-state index contributed by atoms with van der Waals surface area (Å²) in [7, 11) is 1.64. The molecule has 0 radical (unpaired) electrons. The van der Waals surface area contributed by atoms with Gasteiger partial charge in [0.1, 0.15) is 11.6 Å². The summed E-state index contributed by atoms with van der Waals surface area (Å²) in [5.74, 6) is 1.66. The van der Waals surface area contributed by atoms with Crippen LogP contribution in [0.3, 0.4) is 0 Å². The number of hydrogen-bond donors (Lipinski definition) is 1. The lowest BCUT2D eigenvalue weighted by molar-refractivity contribution is -0.384. The van der Waals surface area contributed by atoms with E-state index in [0.29, 0.717) is 5.69 Å². The Morgan fingerprint density at radius 1 is 1.27 bits per heavy atom. The van der Waals surface area contributed by atoms with E-state index in [-0.39, 0.29) is 10.6 Å². The Morgan fingerprint density at radius 3 is 2.88 bits per heavy atom. The molecule has 0 atom stereocenters. The minimum absolute atomic E-state index is 0.0516. The molecule has 0 saturated heterocycles. The van der Waals surface area contributed by atoms with E-state index in [1.807, 2.05) is 31.2 Å². The average Bonchev–Trinajstić information content (AvgIpc) is 3.25. The predicted octanol–water partition coefficient (Wildman–Crippen LogP) is 3.73. The van der Waals surface area contributed by atoms with Crippen LogP contribution >= 0.6 is 0 Å². The number of methoxy groups -OCH3 is 1. The molecule has 7 nitrogen and oxygen atoms in total.